The minimum absolute atomic E-state index is 0.253. The fourth-order valence-corrected chi connectivity index (χ4v) is 4.12. The molecule has 34 heavy (non-hydrogen) atoms. The zero-order valence-electron chi connectivity index (χ0n) is 18.9. The van der Waals surface area contributed by atoms with Crippen LogP contribution in [0.25, 0.3) is 16.8 Å². The maximum atomic E-state index is 10.8. The van der Waals surface area contributed by atoms with Crippen LogP contribution in [-0.2, 0) is 0 Å². The second-order valence-corrected chi connectivity index (χ2v) is 8.43. The third-order valence-corrected chi connectivity index (χ3v) is 6.06. The van der Waals surface area contributed by atoms with E-state index in [0.717, 1.165) is 48.8 Å². The lowest BCUT2D eigenvalue weighted by Crippen LogP contribution is -2.36. The summed E-state index contributed by atoms with van der Waals surface area (Å²) in [7, 11) is 1.93. The number of aromatic nitrogens is 3. The van der Waals surface area contributed by atoms with E-state index in [9.17, 15) is 4.79 Å². The monoisotopic (exact) mass is 470 g/mol. The third kappa shape index (κ3) is 5.38. The number of rotatable bonds is 4. The molecule has 170 valence electrons. The van der Waals surface area contributed by atoms with Crippen molar-refractivity contribution >= 4 is 41.6 Å². The largest absolute Gasteiger partial charge is 0.388 e. The van der Waals surface area contributed by atoms with Gasteiger partial charge in [-0.15, -0.1) is 0 Å². The van der Waals surface area contributed by atoms with Crippen molar-refractivity contribution in [2.45, 2.75) is 12.6 Å². The van der Waals surface area contributed by atoms with Gasteiger partial charge in [0.2, 0.25) is 0 Å². The van der Waals surface area contributed by atoms with Gasteiger partial charge in [0.1, 0.15) is 5.69 Å². The molecule has 1 N–H and O–H groups in total. The number of fused-ring (bicyclic) bond motifs is 1. The first-order valence-electron chi connectivity index (χ1n) is 11.1. The summed E-state index contributed by atoms with van der Waals surface area (Å²) in [6.07, 6.45) is 6.11. The molecule has 0 unspecified atom stereocenters. The average Bonchev–Trinajstić information content (AvgIpc) is 3.32. The second kappa shape index (κ2) is 10.9. The lowest BCUT2D eigenvalue weighted by molar-refractivity contribution is 0.111. The van der Waals surface area contributed by atoms with Crippen molar-refractivity contribution in [2.24, 2.45) is 0 Å². The van der Waals surface area contributed by atoms with Gasteiger partial charge >= 0.3 is 0 Å². The Hall–Kier alpha value is -3.83. The molecular weight excluding hydrogens is 447 g/mol. The highest BCUT2D eigenvalue weighted by Crippen LogP contribution is 2.26. The Labute approximate surface area is 204 Å². The van der Waals surface area contributed by atoms with Crippen molar-refractivity contribution in [1.82, 2.24) is 14.6 Å². The number of nitriles is 1. The first-order chi connectivity index (χ1) is 16.6. The molecular formula is C25H24BClN6O. The van der Waals surface area contributed by atoms with E-state index >= 15 is 0 Å². The van der Waals surface area contributed by atoms with Gasteiger partial charge in [-0.25, -0.2) is 14.8 Å². The standard InChI is InChI=1S/C13H8ClN3O.C12H16BN3/c14-10-3-1-2-9(6-10)12-7-15-17-5-4-11(8-18)16-13(12)17;1-15-11-3-2-4-12(9-11)16-7-5-13(10-14)6-8-16/h1-8H;2-4,9,15H,5-8H2,1H3. The molecule has 0 aliphatic carbocycles. The number of nitrogens with one attached hydrogen (secondary N) is 1. The molecule has 2 aromatic heterocycles. The number of anilines is 2. The summed E-state index contributed by atoms with van der Waals surface area (Å²) in [4.78, 5) is 17.4. The first kappa shape index (κ1) is 23.3. The van der Waals surface area contributed by atoms with Gasteiger partial charge in [0.15, 0.2) is 11.9 Å². The van der Waals surface area contributed by atoms with E-state index in [-0.39, 0.29) is 6.71 Å². The fraction of sp³-hybridized carbons (Fsp3) is 0.200. The van der Waals surface area contributed by atoms with Crippen LogP contribution in [-0.4, -0.2) is 47.7 Å². The zero-order chi connectivity index (χ0) is 23.9. The van der Waals surface area contributed by atoms with E-state index in [4.69, 9.17) is 16.9 Å². The van der Waals surface area contributed by atoms with E-state index in [2.05, 4.69) is 50.5 Å². The Morgan fingerprint density at radius 3 is 2.65 bits per heavy atom. The SMILES string of the molecule is CNc1cccc(N2CCB(C#N)CC2)c1.O=Cc1ccn2ncc(-c3cccc(Cl)c3)c2n1. The lowest BCUT2D eigenvalue weighted by Gasteiger charge is -2.30. The number of carbonyl (C=O) groups is 1. The molecule has 9 heteroatoms. The number of halogens is 1. The summed E-state index contributed by atoms with van der Waals surface area (Å²) in [5.74, 6) is 2.36. The smallest absolute Gasteiger partial charge is 0.271 e. The average molecular weight is 471 g/mol. The summed E-state index contributed by atoms with van der Waals surface area (Å²) in [6, 6.07) is 17.5. The minimum Gasteiger partial charge on any atom is -0.388 e. The maximum Gasteiger partial charge on any atom is 0.271 e. The van der Waals surface area contributed by atoms with E-state index in [1.54, 1.807) is 29.0 Å². The van der Waals surface area contributed by atoms with Crippen molar-refractivity contribution in [2.75, 3.05) is 30.4 Å². The number of carbonyl (C=O) groups excluding carboxylic acids is 1. The lowest BCUT2D eigenvalue weighted by atomic mass is 9.45. The van der Waals surface area contributed by atoms with Crippen LogP contribution in [0.4, 0.5) is 11.4 Å². The highest BCUT2D eigenvalue weighted by Gasteiger charge is 2.22. The third-order valence-electron chi connectivity index (χ3n) is 5.82. The summed E-state index contributed by atoms with van der Waals surface area (Å²) >= 11 is 5.97. The zero-order valence-corrected chi connectivity index (χ0v) is 19.6. The summed E-state index contributed by atoms with van der Waals surface area (Å²) in [5, 5.41) is 16.8. The molecule has 0 atom stereocenters. The van der Waals surface area contributed by atoms with Crippen molar-refractivity contribution in [3.05, 3.63) is 77.7 Å². The van der Waals surface area contributed by atoms with Crippen LogP contribution in [0.15, 0.2) is 67.0 Å². The second-order valence-electron chi connectivity index (χ2n) is 8.00. The Balaban J connectivity index is 0.000000162. The van der Waals surface area contributed by atoms with Crippen LogP contribution in [0.3, 0.4) is 0 Å². The van der Waals surface area contributed by atoms with Gasteiger partial charge in [0, 0.05) is 54.3 Å². The molecule has 0 saturated carbocycles. The fourth-order valence-electron chi connectivity index (χ4n) is 3.93. The van der Waals surface area contributed by atoms with Gasteiger partial charge in [0.25, 0.3) is 6.71 Å². The Morgan fingerprint density at radius 1 is 1.15 bits per heavy atom. The number of hydrogen-bond donors (Lipinski definition) is 1. The topological polar surface area (TPSA) is 86.3 Å². The molecule has 1 aliphatic rings. The van der Waals surface area contributed by atoms with Crippen LogP contribution < -0.4 is 10.2 Å². The molecule has 7 nitrogen and oxygen atoms in total. The van der Waals surface area contributed by atoms with Crippen LogP contribution in [0.1, 0.15) is 10.5 Å². The molecule has 0 bridgehead atoms. The molecule has 3 heterocycles. The summed E-state index contributed by atoms with van der Waals surface area (Å²) in [5.41, 5.74) is 5.19. The predicted octanol–water partition coefficient (Wildman–Crippen LogP) is 4.97. The van der Waals surface area contributed by atoms with Crippen LogP contribution in [0.5, 0.6) is 0 Å². The molecule has 4 aromatic rings. The predicted molar refractivity (Wildman–Crippen MR) is 138 cm³/mol. The molecule has 1 fully saturated rings. The molecule has 1 saturated heterocycles. The van der Waals surface area contributed by atoms with Crippen LogP contribution >= 0.6 is 11.6 Å². The Morgan fingerprint density at radius 2 is 1.94 bits per heavy atom. The quantitative estimate of drug-likeness (QED) is 0.335. The van der Waals surface area contributed by atoms with Crippen molar-refractivity contribution in [1.29, 1.82) is 5.26 Å². The summed E-state index contributed by atoms with van der Waals surface area (Å²) in [6.45, 7) is 2.24. The van der Waals surface area contributed by atoms with Gasteiger partial charge in [-0.3, -0.25) is 4.79 Å². The Bertz CT molecular complexity index is 1330. The Kier molecular flexibility index (Phi) is 7.46. The molecule has 0 spiro atoms. The summed E-state index contributed by atoms with van der Waals surface area (Å²) < 4.78 is 1.63. The van der Waals surface area contributed by atoms with Crippen molar-refractivity contribution in [3.63, 3.8) is 0 Å². The van der Waals surface area contributed by atoms with Gasteiger partial charge in [-0.1, -0.05) is 29.8 Å². The van der Waals surface area contributed by atoms with E-state index < -0.39 is 0 Å². The molecule has 5 rings (SSSR count). The number of benzene rings is 2. The van der Waals surface area contributed by atoms with Gasteiger partial charge in [0.05, 0.1) is 6.20 Å². The normalized spacial score (nSPS) is 13.1. The van der Waals surface area contributed by atoms with Crippen molar-refractivity contribution < 1.29 is 4.79 Å². The molecule has 0 amide bonds. The van der Waals surface area contributed by atoms with E-state index in [1.165, 1.54) is 5.69 Å². The number of aldehydes is 1. The van der Waals surface area contributed by atoms with Crippen LogP contribution in [0, 0.1) is 11.2 Å². The van der Waals surface area contributed by atoms with Gasteiger partial charge in [-0.05, 0) is 54.6 Å². The first-order valence-corrected chi connectivity index (χ1v) is 11.5. The number of hydrogen-bond acceptors (Lipinski definition) is 6. The number of nitrogens with zero attached hydrogens (tertiary/aromatic N) is 5. The minimum atomic E-state index is 0.253. The highest BCUT2D eigenvalue weighted by molar-refractivity contribution is 6.67. The maximum absolute atomic E-state index is 10.8. The van der Waals surface area contributed by atoms with Gasteiger partial charge < -0.3 is 10.2 Å². The molecule has 0 radical (unpaired) electrons. The van der Waals surface area contributed by atoms with E-state index in [0.29, 0.717) is 16.4 Å². The van der Waals surface area contributed by atoms with Crippen LogP contribution in [0.2, 0.25) is 17.7 Å². The molecule has 1 aliphatic heterocycles. The van der Waals surface area contributed by atoms with Gasteiger partial charge in [-0.2, -0.15) is 5.10 Å². The molecule has 2 aromatic carbocycles. The van der Waals surface area contributed by atoms with E-state index in [1.807, 2.05) is 25.2 Å². The highest BCUT2D eigenvalue weighted by atomic mass is 35.5. The van der Waals surface area contributed by atoms with Crippen molar-refractivity contribution in [3.8, 4) is 17.1 Å².